The number of benzene rings is 2. The number of nitro groups is 1. The van der Waals surface area contributed by atoms with Gasteiger partial charge in [0.15, 0.2) is 5.11 Å². The second-order valence-corrected chi connectivity index (χ2v) is 6.88. The van der Waals surface area contributed by atoms with Gasteiger partial charge in [0.25, 0.3) is 5.69 Å². The molecule has 0 radical (unpaired) electrons. The van der Waals surface area contributed by atoms with Crippen LogP contribution < -0.4 is 10.2 Å². The van der Waals surface area contributed by atoms with Crippen molar-refractivity contribution in [2.45, 2.75) is 13.8 Å². The number of non-ortho nitro benzene ring substituents is 1. The zero-order chi connectivity index (χ0) is 18.7. The summed E-state index contributed by atoms with van der Waals surface area (Å²) in [6.45, 7) is 7.41. The van der Waals surface area contributed by atoms with Gasteiger partial charge in [0.1, 0.15) is 0 Å². The summed E-state index contributed by atoms with van der Waals surface area (Å²) in [6.07, 6.45) is 0. The maximum Gasteiger partial charge on any atom is 0.269 e. The molecule has 2 aromatic carbocycles. The number of hydrogen-bond donors (Lipinski definition) is 1. The van der Waals surface area contributed by atoms with Gasteiger partial charge in [0.2, 0.25) is 0 Å². The van der Waals surface area contributed by atoms with Crippen molar-refractivity contribution in [1.82, 2.24) is 4.90 Å². The normalized spacial score (nSPS) is 14.2. The molecule has 1 heterocycles. The first-order chi connectivity index (χ1) is 12.4. The molecule has 136 valence electrons. The Labute approximate surface area is 158 Å². The molecule has 1 fully saturated rings. The van der Waals surface area contributed by atoms with E-state index in [1.165, 1.54) is 11.1 Å². The van der Waals surface area contributed by atoms with E-state index < -0.39 is 0 Å². The lowest BCUT2D eigenvalue weighted by molar-refractivity contribution is -0.384. The van der Waals surface area contributed by atoms with E-state index in [4.69, 9.17) is 12.2 Å². The predicted octanol–water partition coefficient (Wildman–Crippen LogP) is 3.73. The Kier molecular flexibility index (Phi) is 5.37. The second kappa shape index (κ2) is 7.70. The standard InChI is InChI=1S/C19H22N4O2S/c1-14-3-4-15(2)18(13-14)20-19(26)22-11-9-21(10-12-22)16-5-7-17(8-6-16)23(24)25/h3-8,13H,9-12H2,1-2H3,(H,20,26). The molecule has 1 N–H and O–H groups in total. The molecule has 0 amide bonds. The van der Waals surface area contributed by atoms with Crippen molar-refractivity contribution in [3.8, 4) is 0 Å². The number of anilines is 2. The van der Waals surface area contributed by atoms with Crippen LogP contribution in [0.5, 0.6) is 0 Å². The van der Waals surface area contributed by atoms with Crippen LogP contribution in [0.15, 0.2) is 42.5 Å². The topological polar surface area (TPSA) is 61.6 Å². The van der Waals surface area contributed by atoms with Crippen LogP contribution in [0.2, 0.25) is 0 Å². The third kappa shape index (κ3) is 4.11. The van der Waals surface area contributed by atoms with Crippen molar-refractivity contribution in [1.29, 1.82) is 0 Å². The predicted molar refractivity (Wildman–Crippen MR) is 109 cm³/mol. The molecule has 0 bridgehead atoms. The fourth-order valence-corrected chi connectivity index (χ4v) is 3.31. The Morgan fingerprint density at radius 1 is 1.08 bits per heavy atom. The minimum absolute atomic E-state index is 0.117. The Hall–Kier alpha value is -2.67. The highest BCUT2D eigenvalue weighted by Gasteiger charge is 2.20. The SMILES string of the molecule is Cc1ccc(C)c(NC(=S)N2CCN(c3ccc([N+](=O)[O-])cc3)CC2)c1. The summed E-state index contributed by atoms with van der Waals surface area (Å²) in [5.41, 5.74) is 4.54. The summed E-state index contributed by atoms with van der Waals surface area (Å²) in [4.78, 5) is 14.8. The van der Waals surface area contributed by atoms with Gasteiger partial charge >= 0.3 is 0 Å². The number of nitro benzene ring substituents is 1. The maximum absolute atomic E-state index is 10.8. The van der Waals surface area contributed by atoms with E-state index in [1.807, 2.05) is 0 Å². The molecule has 1 aliphatic heterocycles. The molecule has 0 unspecified atom stereocenters. The van der Waals surface area contributed by atoms with Crippen molar-refractivity contribution >= 4 is 34.4 Å². The lowest BCUT2D eigenvalue weighted by Crippen LogP contribution is -2.50. The van der Waals surface area contributed by atoms with Crippen LogP contribution in [-0.4, -0.2) is 41.1 Å². The number of thiocarbonyl (C=S) groups is 1. The maximum atomic E-state index is 10.8. The van der Waals surface area contributed by atoms with Crippen LogP contribution in [0.25, 0.3) is 0 Å². The van der Waals surface area contributed by atoms with Gasteiger partial charge in [-0.05, 0) is 55.4 Å². The number of nitrogens with one attached hydrogen (secondary N) is 1. The first-order valence-electron chi connectivity index (χ1n) is 8.56. The van der Waals surface area contributed by atoms with Gasteiger partial charge in [0, 0.05) is 49.7 Å². The number of rotatable bonds is 3. The zero-order valence-electron chi connectivity index (χ0n) is 14.9. The largest absolute Gasteiger partial charge is 0.368 e. The highest BCUT2D eigenvalue weighted by Crippen LogP contribution is 2.21. The van der Waals surface area contributed by atoms with Gasteiger partial charge in [-0.2, -0.15) is 0 Å². The van der Waals surface area contributed by atoms with Crippen LogP contribution in [0.3, 0.4) is 0 Å². The summed E-state index contributed by atoms with van der Waals surface area (Å²) >= 11 is 5.58. The number of aryl methyl sites for hydroxylation is 2. The molecule has 2 aromatic rings. The Morgan fingerprint density at radius 3 is 2.35 bits per heavy atom. The van der Waals surface area contributed by atoms with E-state index in [0.717, 1.165) is 42.7 Å². The van der Waals surface area contributed by atoms with Crippen LogP contribution in [0.1, 0.15) is 11.1 Å². The van der Waals surface area contributed by atoms with Gasteiger partial charge in [-0.25, -0.2) is 0 Å². The summed E-state index contributed by atoms with van der Waals surface area (Å²) in [7, 11) is 0. The molecule has 26 heavy (non-hydrogen) atoms. The van der Waals surface area contributed by atoms with E-state index in [0.29, 0.717) is 0 Å². The highest BCUT2D eigenvalue weighted by molar-refractivity contribution is 7.80. The van der Waals surface area contributed by atoms with Gasteiger partial charge in [-0.15, -0.1) is 0 Å². The minimum Gasteiger partial charge on any atom is -0.368 e. The van der Waals surface area contributed by atoms with Crippen molar-refractivity contribution in [3.05, 3.63) is 63.7 Å². The molecule has 3 rings (SSSR count). The summed E-state index contributed by atoms with van der Waals surface area (Å²) in [6, 6.07) is 13.0. The first-order valence-corrected chi connectivity index (χ1v) is 8.97. The number of nitrogens with zero attached hydrogens (tertiary/aromatic N) is 3. The van der Waals surface area contributed by atoms with Crippen LogP contribution >= 0.6 is 12.2 Å². The quantitative estimate of drug-likeness (QED) is 0.505. The van der Waals surface area contributed by atoms with Gasteiger partial charge in [0.05, 0.1) is 4.92 Å². The average molecular weight is 370 g/mol. The smallest absolute Gasteiger partial charge is 0.269 e. The summed E-state index contributed by atoms with van der Waals surface area (Å²) < 4.78 is 0. The van der Waals surface area contributed by atoms with Gasteiger partial charge < -0.3 is 15.1 Å². The monoisotopic (exact) mass is 370 g/mol. The zero-order valence-corrected chi connectivity index (χ0v) is 15.8. The van der Waals surface area contributed by atoms with E-state index >= 15 is 0 Å². The molecule has 6 nitrogen and oxygen atoms in total. The Morgan fingerprint density at radius 2 is 1.73 bits per heavy atom. The molecular formula is C19H22N4O2S. The van der Waals surface area contributed by atoms with Crippen LogP contribution in [0, 0.1) is 24.0 Å². The fraction of sp³-hybridized carbons (Fsp3) is 0.316. The van der Waals surface area contributed by atoms with E-state index in [-0.39, 0.29) is 10.6 Å². The van der Waals surface area contributed by atoms with E-state index in [1.54, 1.807) is 24.3 Å². The van der Waals surface area contributed by atoms with E-state index in [9.17, 15) is 10.1 Å². The van der Waals surface area contributed by atoms with Crippen molar-refractivity contribution in [2.24, 2.45) is 0 Å². The average Bonchev–Trinajstić information content (AvgIpc) is 2.65. The van der Waals surface area contributed by atoms with Crippen molar-refractivity contribution in [2.75, 3.05) is 36.4 Å². The van der Waals surface area contributed by atoms with Crippen LogP contribution in [-0.2, 0) is 0 Å². The molecule has 1 saturated heterocycles. The molecule has 0 spiro atoms. The third-order valence-electron chi connectivity index (χ3n) is 4.63. The lowest BCUT2D eigenvalue weighted by atomic mass is 10.1. The number of hydrogen-bond acceptors (Lipinski definition) is 4. The highest BCUT2D eigenvalue weighted by atomic mass is 32.1. The fourth-order valence-electron chi connectivity index (χ4n) is 3.02. The second-order valence-electron chi connectivity index (χ2n) is 6.50. The van der Waals surface area contributed by atoms with Gasteiger partial charge in [-0.1, -0.05) is 12.1 Å². The Balaban J connectivity index is 1.58. The summed E-state index contributed by atoms with van der Waals surface area (Å²) in [5, 5.41) is 14.9. The van der Waals surface area contributed by atoms with Gasteiger partial charge in [-0.3, -0.25) is 10.1 Å². The van der Waals surface area contributed by atoms with Crippen molar-refractivity contribution < 1.29 is 4.92 Å². The van der Waals surface area contributed by atoms with E-state index in [2.05, 4.69) is 47.2 Å². The molecule has 0 saturated carbocycles. The molecular weight excluding hydrogens is 348 g/mol. The first kappa shape index (κ1) is 18.1. The molecule has 7 heteroatoms. The Bertz CT molecular complexity index is 815. The lowest BCUT2D eigenvalue weighted by Gasteiger charge is -2.37. The molecule has 0 aliphatic carbocycles. The molecule has 0 aromatic heterocycles. The van der Waals surface area contributed by atoms with Crippen molar-refractivity contribution in [3.63, 3.8) is 0 Å². The van der Waals surface area contributed by atoms with Crippen LogP contribution in [0.4, 0.5) is 17.1 Å². The molecule has 1 aliphatic rings. The third-order valence-corrected chi connectivity index (χ3v) is 4.99. The summed E-state index contributed by atoms with van der Waals surface area (Å²) in [5.74, 6) is 0. The molecule has 0 atom stereocenters. The number of piperazine rings is 1. The minimum atomic E-state index is -0.376.